The van der Waals surface area contributed by atoms with E-state index in [1.165, 1.54) is 18.7 Å². The van der Waals surface area contributed by atoms with Gasteiger partial charge >= 0.3 is 0 Å². The number of benzene rings is 1. The van der Waals surface area contributed by atoms with E-state index in [1.54, 1.807) is 18.1 Å². The summed E-state index contributed by atoms with van der Waals surface area (Å²) in [4.78, 5) is 30.3. The van der Waals surface area contributed by atoms with Crippen molar-refractivity contribution >= 4 is 29.3 Å². The predicted molar refractivity (Wildman–Crippen MR) is 96.9 cm³/mol. The fraction of sp³-hybridized carbons (Fsp3) is 0.278. The Hall–Kier alpha value is -2.34. The van der Waals surface area contributed by atoms with E-state index in [2.05, 4.69) is 10.3 Å². The second-order valence-electron chi connectivity index (χ2n) is 5.52. The van der Waals surface area contributed by atoms with Crippen LogP contribution in [0.25, 0.3) is 0 Å². The average Bonchev–Trinajstić information content (AvgIpc) is 2.53. The molecule has 0 spiro atoms. The molecule has 0 fully saturated rings. The van der Waals surface area contributed by atoms with Crippen molar-refractivity contribution in [2.24, 2.45) is 0 Å². The Balaban J connectivity index is 1.94. The number of rotatable bonds is 6. The van der Waals surface area contributed by atoms with E-state index in [-0.39, 0.29) is 11.8 Å². The van der Waals surface area contributed by atoms with Crippen LogP contribution in [0.1, 0.15) is 18.2 Å². The first kappa shape index (κ1) is 18.0. The van der Waals surface area contributed by atoms with Crippen LogP contribution < -0.4 is 5.32 Å². The summed E-state index contributed by atoms with van der Waals surface area (Å²) in [5.41, 5.74) is 2.73. The van der Waals surface area contributed by atoms with E-state index in [0.717, 1.165) is 21.8 Å². The van der Waals surface area contributed by atoms with Crippen molar-refractivity contribution in [3.05, 3.63) is 53.9 Å². The fourth-order valence-electron chi connectivity index (χ4n) is 2.20. The van der Waals surface area contributed by atoms with E-state index in [4.69, 9.17) is 0 Å². The summed E-state index contributed by atoms with van der Waals surface area (Å²) >= 11 is 1.42. The highest BCUT2D eigenvalue weighted by atomic mass is 32.2. The molecule has 1 aromatic carbocycles. The van der Waals surface area contributed by atoms with Crippen LogP contribution in [0.4, 0.5) is 5.69 Å². The summed E-state index contributed by atoms with van der Waals surface area (Å²) in [6, 6.07) is 11.4. The van der Waals surface area contributed by atoms with E-state index in [0.29, 0.717) is 12.3 Å². The quantitative estimate of drug-likeness (QED) is 0.819. The lowest BCUT2D eigenvalue weighted by Gasteiger charge is -2.18. The molecule has 0 saturated carbocycles. The smallest absolute Gasteiger partial charge is 0.232 e. The van der Waals surface area contributed by atoms with Crippen molar-refractivity contribution in [1.82, 2.24) is 9.88 Å². The van der Waals surface area contributed by atoms with Crippen molar-refractivity contribution < 1.29 is 9.59 Å². The van der Waals surface area contributed by atoms with Crippen LogP contribution in [0.3, 0.4) is 0 Å². The van der Waals surface area contributed by atoms with E-state index < -0.39 is 0 Å². The number of carbonyl (C=O) groups excluding carboxylic acids is 2. The molecule has 2 amide bonds. The van der Waals surface area contributed by atoms with Gasteiger partial charge < -0.3 is 10.2 Å². The van der Waals surface area contributed by atoms with Gasteiger partial charge in [-0.1, -0.05) is 12.1 Å². The molecule has 0 radical (unpaired) electrons. The van der Waals surface area contributed by atoms with Gasteiger partial charge in [-0.25, -0.2) is 0 Å². The number of thioether (sulfide) groups is 1. The van der Waals surface area contributed by atoms with Gasteiger partial charge in [-0.3, -0.25) is 14.6 Å². The lowest BCUT2D eigenvalue weighted by Crippen LogP contribution is -2.27. The molecule has 2 aromatic rings. The minimum atomic E-state index is -0.125. The van der Waals surface area contributed by atoms with E-state index in [9.17, 15) is 9.59 Å². The highest BCUT2D eigenvalue weighted by Gasteiger charge is 2.12. The number of pyridine rings is 1. The highest BCUT2D eigenvalue weighted by Crippen LogP contribution is 2.27. The second-order valence-corrected chi connectivity index (χ2v) is 6.54. The maximum atomic E-state index is 12.3. The molecule has 0 aliphatic rings. The molecule has 0 aliphatic heterocycles. The molecule has 0 saturated heterocycles. The van der Waals surface area contributed by atoms with Gasteiger partial charge in [0.25, 0.3) is 0 Å². The third kappa shape index (κ3) is 5.38. The van der Waals surface area contributed by atoms with Gasteiger partial charge in [0.1, 0.15) is 0 Å². The molecule has 2 rings (SSSR count). The van der Waals surface area contributed by atoms with Gasteiger partial charge in [0.05, 0.1) is 11.4 Å². The molecule has 1 heterocycles. The van der Waals surface area contributed by atoms with Crippen molar-refractivity contribution in [2.45, 2.75) is 25.3 Å². The summed E-state index contributed by atoms with van der Waals surface area (Å²) in [6.45, 7) is 3.95. The largest absolute Gasteiger partial charge is 0.341 e. The van der Waals surface area contributed by atoms with Crippen LogP contribution in [-0.4, -0.2) is 34.5 Å². The predicted octanol–water partition coefficient (Wildman–Crippen LogP) is 3.10. The number of para-hydroxylation sites is 1. The van der Waals surface area contributed by atoms with Gasteiger partial charge in [0, 0.05) is 37.3 Å². The van der Waals surface area contributed by atoms with Gasteiger partial charge in [0.15, 0.2) is 0 Å². The number of amides is 2. The van der Waals surface area contributed by atoms with Gasteiger partial charge in [0.2, 0.25) is 11.8 Å². The Kier molecular flexibility index (Phi) is 6.37. The molecular formula is C18H21N3O2S. The maximum absolute atomic E-state index is 12.3. The first-order valence-electron chi connectivity index (χ1n) is 7.60. The Labute approximate surface area is 146 Å². The van der Waals surface area contributed by atoms with Crippen molar-refractivity contribution in [3.8, 4) is 0 Å². The first-order valence-corrected chi connectivity index (χ1v) is 8.59. The number of nitrogens with one attached hydrogen (secondary N) is 1. The SMILES string of the molecule is CC(=O)Nc1ccccc1SCC(=O)N(C)Cc1ccnc(C)c1. The zero-order chi connectivity index (χ0) is 17.5. The molecule has 1 N–H and O–H groups in total. The Morgan fingerprint density at radius 2 is 2.00 bits per heavy atom. The molecule has 126 valence electrons. The van der Waals surface area contributed by atoms with Crippen LogP contribution in [0, 0.1) is 6.92 Å². The van der Waals surface area contributed by atoms with Gasteiger partial charge in [-0.2, -0.15) is 0 Å². The number of carbonyl (C=O) groups is 2. The lowest BCUT2D eigenvalue weighted by molar-refractivity contribution is -0.127. The van der Waals surface area contributed by atoms with E-state index in [1.807, 2.05) is 43.3 Å². The number of nitrogens with zero attached hydrogens (tertiary/aromatic N) is 2. The zero-order valence-electron chi connectivity index (χ0n) is 14.1. The molecule has 6 heteroatoms. The van der Waals surface area contributed by atoms with Crippen molar-refractivity contribution in [1.29, 1.82) is 0 Å². The molecule has 24 heavy (non-hydrogen) atoms. The topological polar surface area (TPSA) is 62.3 Å². The average molecular weight is 343 g/mol. The van der Waals surface area contributed by atoms with Gasteiger partial charge in [-0.15, -0.1) is 11.8 Å². The van der Waals surface area contributed by atoms with E-state index >= 15 is 0 Å². The Morgan fingerprint density at radius 1 is 1.25 bits per heavy atom. The van der Waals surface area contributed by atoms with Crippen molar-refractivity contribution in [2.75, 3.05) is 18.1 Å². The maximum Gasteiger partial charge on any atom is 0.232 e. The molecular weight excluding hydrogens is 322 g/mol. The minimum Gasteiger partial charge on any atom is -0.341 e. The summed E-state index contributed by atoms with van der Waals surface area (Å²) in [6.07, 6.45) is 1.75. The summed E-state index contributed by atoms with van der Waals surface area (Å²) in [7, 11) is 1.79. The molecule has 0 aliphatic carbocycles. The molecule has 1 aromatic heterocycles. The number of hydrogen-bond acceptors (Lipinski definition) is 4. The third-order valence-electron chi connectivity index (χ3n) is 3.36. The minimum absolute atomic E-state index is 0.0343. The fourth-order valence-corrected chi connectivity index (χ4v) is 3.15. The summed E-state index contributed by atoms with van der Waals surface area (Å²) in [5, 5.41) is 2.78. The molecule has 0 atom stereocenters. The second kappa shape index (κ2) is 8.49. The number of aromatic nitrogens is 1. The third-order valence-corrected chi connectivity index (χ3v) is 4.41. The van der Waals surface area contributed by atoms with Crippen LogP contribution in [-0.2, 0) is 16.1 Å². The monoisotopic (exact) mass is 343 g/mol. The first-order chi connectivity index (χ1) is 11.5. The summed E-state index contributed by atoms with van der Waals surface area (Å²) < 4.78 is 0. The zero-order valence-corrected chi connectivity index (χ0v) is 14.9. The number of aryl methyl sites for hydroxylation is 1. The van der Waals surface area contributed by atoms with Crippen LogP contribution in [0.15, 0.2) is 47.5 Å². The normalized spacial score (nSPS) is 10.3. The van der Waals surface area contributed by atoms with Gasteiger partial charge in [-0.05, 0) is 36.8 Å². The van der Waals surface area contributed by atoms with Crippen molar-refractivity contribution in [3.63, 3.8) is 0 Å². The standard InChI is InChI=1S/C18H21N3O2S/c1-13-10-15(8-9-19-13)11-21(3)18(23)12-24-17-7-5-4-6-16(17)20-14(2)22/h4-10H,11-12H2,1-3H3,(H,20,22). The van der Waals surface area contributed by atoms with Crippen LogP contribution in [0.2, 0.25) is 0 Å². The Morgan fingerprint density at radius 3 is 2.71 bits per heavy atom. The Bertz CT molecular complexity index is 734. The highest BCUT2D eigenvalue weighted by molar-refractivity contribution is 8.00. The summed E-state index contributed by atoms with van der Waals surface area (Å²) in [5.74, 6) is 0.226. The number of anilines is 1. The molecule has 5 nitrogen and oxygen atoms in total. The molecule has 0 unspecified atom stereocenters. The van der Waals surface area contributed by atoms with Crippen LogP contribution in [0.5, 0.6) is 0 Å². The molecule has 0 bridgehead atoms. The van der Waals surface area contributed by atoms with Crippen LogP contribution >= 0.6 is 11.8 Å². The lowest BCUT2D eigenvalue weighted by atomic mass is 10.2. The number of hydrogen-bond donors (Lipinski definition) is 1.